The van der Waals surface area contributed by atoms with Crippen molar-refractivity contribution in [1.29, 1.82) is 0 Å². The van der Waals surface area contributed by atoms with Crippen molar-refractivity contribution in [1.82, 2.24) is 24.5 Å². The molecule has 1 aliphatic heterocycles. The molecule has 0 unspecified atom stereocenters. The van der Waals surface area contributed by atoms with Crippen molar-refractivity contribution in [3.63, 3.8) is 0 Å². The molecule has 8 heteroatoms. The standard InChI is InChI=1S/C22H28N6O2/c1-15-4-6-18(7-5-15)11-24-19(29)14-28-22(30)27-9-8-23-20(21(27)25-28)26-12-16(2)10-17(3)13-26/h4-9,16-17H,10-14H2,1-3H3,(H,24,29)/t16-,17+. The number of carbonyl (C=O) groups is 1. The second kappa shape index (κ2) is 8.30. The third-order valence-corrected chi connectivity index (χ3v) is 5.56. The Labute approximate surface area is 175 Å². The van der Waals surface area contributed by atoms with Gasteiger partial charge >= 0.3 is 5.69 Å². The van der Waals surface area contributed by atoms with E-state index in [4.69, 9.17) is 0 Å². The van der Waals surface area contributed by atoms with Gasteiger partial charge in [-0.05, 0) is 30.7 Å². The number of hydrogen-bond acceptors (Lipinski definition) is 5. The fraction of sp³-hybridized carbons (Fsp3) is 0.455. The lowest BCUT2D eigenvalue weighted by molar-refractivity contribution is -0.122. The Morgan fingerprint density at radius 3 is 2.57 bits per heavy atom. The Hall–Kier alpha value is -3.16. The van der Waals surface area contributed by atoms with Crippen LogP contribution in [0, 0.1) is 18.8 Å². The van der Waals surface area contributed by atoms with Crippen LogP contribution in [0.2, 0.25) is 0 Å². The Bertz CT molecular complexity index is 1090. The van der Waals surface area contributed by atoms with Gasteiger partial charge in [0.1, 0.15) is 6.54 Å². The average molecular weight is 409 g/mol. The highest BCUT2D eigenvalue weighted by molar-refractivity contribution is 5.75. The van der Waals surface area contributed by atoms with Crippen molar-refractivity contribution in [3.05, 3.63) is 58.3 Å². The van der Waals surface area contributed by atoms with Gasteiger partial charge in [-0.15, -0.1) is 5.10 Å². The number of rotatable bonds is 5. The van der Waals surface area contributed by atoms with Gasteiger partial charge in [0.15, 0.2) is 5.82 Å². The number of carbonyl (C=O) groups excluding carboxylic acids is 1. The van der Waals surface area contributed by atoms with Gasteiger partial charge in [-0.2, -0.15) is 0 Å². The molecule has 3 heterocycles. The van der Waals surface area contributed by atoms with Crippen LogP contribution in [-0.2, 0) is 17.9 Å². The van der Waals surface area contributed by atoms with Crippen LogP contribution < -0.4 is 15.9 Å². The molecule has 1 amide bonds. The molecule has 8 nitrogen and oxygen atoms in total. The largest absolute Gasteiger partial charge is 0.353 e. The third kappa shape index (κ3) is 4.22. The van der Waals surface area contributed by atoms with Crippen LogP contribution in [0.3, 0.4) is 0 Å². The molecule has 0 bridgehead atoms. The Kier molecular flexibility index (Phi) is 5.57. The first kappa shape index (κ1) is 20.1. The van der Waals surface area contributed by atoms with E-state index >= 15 is 0 Å². The molecule has 1 fully saturated rings. The van der Waals surface area contributed by atoms with Crippen LogP contribution in [0.4, 0.5) is 5.82 Å². The van der Waals surface area contributed by atoms with Gasteiger partial charge in [0, 0.05) is 32.0 Å². The van der Waals surface area contributed by atoms with E-state index in [1.165, 1.54) is 21.1 Å². The average Bonchev–Trinajstić information content (AvgIpc) is 3.02. The van der Waals surface area contributed by atoms with Crippen molar-refractivity contribution in [3.8, 4) is 0 Å². The minimum Gasteiger partial charge on any atom is -0.353 e. The number of nitrogens with one attached hydrogen (secondary N) is 1. The van der Waals surface area contributed by atoms with Crippen molar-refractivity contribution < 1.29 is 4.79 Å². The number of fused-ring (bicyclic) bond motifs is 1. The fourth-order valence-corrected chi connectivity index (χ4v) is 4.20. The molecule has 4 rings (SSSR count). The van der Waals surface area contributed by atoms with Gasteiger partial charge < -0.3 is 10.2 Å². The van der Waals surface area contributed by atoms with Crippen molar-refractivity contribution in [2.45, 2.75) is 40.3 Å². The van der Waals surface area contributed by atoms with Crippen LogP contribution in [0.15, 0.2) is 41.5 Å². The molecule has 1 saturated heterocycles. The number of aromatic nitrogens is 4. The van der Waals surface area contributed by atoms with Gasteiger partial charge in [-0.3, -0.25) is 4.79 Å². The molecule has 30 heavy (non-hydrogen) atoms. The highest BCUT2D eigenvalue weighted by Gasteiger charge is 2.25. The summed E-state index contributed by atoms with van der Waals surface area (Å²) in [6.07, 6.45) is 4.41. The van der Waals surface area contributed by atoms with Crippen LogP contribution in [0.1, 0.15) is 31.4 Å². The van der Waals surface area contributed by atoms with E-state index in [0.29, 0.717) is 29.8 Å². The monoisotopic (exact) mass is 408 g/mol. The summed E-state index contributed by atoms with van der Waals surface area (Å²) in [4.78, 5) is 31.9. The second-order valence-electron chi connectivity index (χ2n) is 8.50. The number of hydrogen-bond donors (Lipinski definition) is 1. The Balaban J connectivity index is 1.52. The smallest absolute Gasteiger partial charge is 0.350 e. The zero-order valence-corrected chi connectivity index (χ0v) is 17.7. The number of benzene rings is 1. The van der Waals surface area contributed by atoms with Crippen LogP contribution in [0.5, 0.6) is 0 Å². The Morgan fingerprint density at radius 1 is 1.17 bits per heavy atom. The lowest BCUT2D eigenvalue weighted by Gasteiger charge is -2.35. The van der Waals surface area contributed by atoms with Gasteiger partial charge in [0.25, 0.3) is 0 Å². The predicted molar refractivity (Wildman–Crippen MR) is 115 cm³/mol. The molecule has 1 N–H and O–H groups in total. The van der Waals surface area contributed by atoms with Gasteiger partial charge in [-0.1, -0.05) is 43.7 Å². The van der Waals surface area contributed by atoms with E-state index in [2.05, 4.69) is 34.1 Å². The Morgan fingerprint density at radius 2 is 1.87 bits per heavy atom. The first-order chi connectivity index (χ1) is 14.4. The number of aryl methyl sites for hydroxylation is 1. The summed E-state index contributed by atoms with van der Waals surface area (Å²) in [5, 5.41) is 7.30. The van der Waals surface area contributed by atoms with Crippen LogP contribution >= 0.6 is 0 Å². The summed E-state index contributed by atoms with van der Waals surface area (Å²) in [6.45, 7) is 8.53. The van der Waals surface area contributed by atoms with Crippen molar-refractivity contribution in [2.75, 3.05) is 18.0 Å². The number of nitrogens with zero attached hydrogens (tertiary/aromatic N) is 5. The van der Waals surface area contributed by atoms with Crippen LogP contribution in [-0.4, -0.2) is 38.2 Å². The van der Waals surface area contributed by atoms with Crippen LogP contribution in [0.25, 0.3) is 5.65 Å². The molecule has 0 spiro atoms. The first-order valence-electron chi connectivity index (χ1n) is 10.4. The number of anilines is 1. The minimum atomic E-state index is -0.336. The summed E-state index contributed by atoms with van der Waals surface area (Å²) in [7, 11) is 0. The van der Waals surface area contributed by atoms with E-state index < -0.39 is 0 Å². The molecule has 2 atom stereocenters. The van der Waals surface area contributed by atoms with E-state index in [-0.39, 0.29) is 18.1 Å². The highest BCUT2D eigenvalue weighted by Crippen LogP contribution is 2.26. The molecule has 3 aromatic rings. The lowest BCUT2D eigenvalue weighted by Crippen LogP contribution is -2.39. The SMILES string of the molecule is Cc1ccc(CNC(=O)Cn2nc3c(N4C[C@H](C)C[C@H](C)C4)nccn3c2=O)cc1. The van der Waals surface area contributed by atoms with Crippen molar-refractivity contribution >= 4 is 17.4 Å². The van der Waals surface area contributed by atoms with Crippen molar-refractivity contribution in [2.24, 2.45) is 11.8 Å². The van der Waals surface area contributed by atoms with Gasteiger partial charge in [0.2, 0.25) is 11.6 Å². The predicted octanol–water partition coefficient (Wildman–Crippen LogP) is 2.00. The van der Waals surface area contributed by atoms with E-state index in [1.807, 2.05) is 31.2 Å². The summed E-state index contributed by atoms with van der Waals surface area (Å²) in [6, 6.07) is 7.96. The summed E-state index contributed by atoms with van der Waals surface area (Å²) < 4.78 is 2.68. The summed E-state index contributed by atoms with van der Waals surface area (Å²) in [5.74, 6) is 1.55. The van der Waals surface area contributed by atoms with E-state index in [1.54, 1.807) is 12.4 Å². The zero-order valence-electron chi connectivity index (χ0n) is 17.7. The zero-order chi connectivity index (χ0) is 21.3. The highest BCUT2D eigenvalue weighted by atomic mass is 16.2. The molecule has 1 aromatic carbocycles. The summed E-state index contributed by atoms with van der Waals surface area (Å²) >= 11 is 0. The van der Waals surface area contributed by atoms with Gasteiger partial charge in [0.05, 0.1) is 0 Å². The molecule has 2 aromatic heterocycles. The fourth-order valence-electron chi connectivity index (χ4n) is 4.20. The molecule has 0 radical (unpaired) electrons. The summed E-state index contributed by atoms with van der Waals surface area (Å²) in [5.41, 5.74) is 2.34. The molecule has 0 saturated carbocycles. The van der Waals surface area contributed by atoms with E-state index in [9.17, 15) is 9.59 Å². The maximum atomic E-state index is 12.8. The molecule has 0 aliphatic carbocycles. The topological polar surface area (TPSA) is 84.5 Å². The molecule has 158 valence electrons. The number of amides is 1. The van der Waals surface area contributed by atoms with Gasteiger partial charge in [-0.25, -0.2) is 18.9 Å². The lowest BCUT2D eigenvalue weighted by atomic mass is 9.92. The normalized spacial score (nSPS) is 19.2. The third-order valence-electron chi connectivity index (χ3n) is 5.56. The minimum absolute atomic E-state index is 0.126. The number of piperidine rings is 1. The molecule has 1 aliphatic rings. The quantitative estimate of drug-likeness (QED) is 0.698. The molecular formula is C22H28N6O2. The second-order valence-corrected chi connectivity index (χ2v) is 8.50. The maximum Gasteiger partial charge on any atom is 0.350 e. The van der Waals surface area contributed by atoms with E-state index in [0.717, 1.165) is 18.7 Å². The molecular weight excluding hydrogens is 380 g/mol. The first-order valence-corrected chi connectivity index (χ1v) is 10.4. The maximum absolute atomic E-state index is 12.8.